The highest BCUT2D eigenvalue weighted by atomic mass is 35.5. The molecule has 0 heterocycles. The molecule has 0 atom stereocenters. The number of hydrogen-bond acceptors (Lipinski definition) is 3. The molecule has 0 aliphatic rings. The molecule has 0 spiro atoms. The molecule has 1 N–H and O–H groups in total. The van der Waals surface area contributed by atoms with E-state index in [1.165, 1.54) is 0 Å². The van der Waals surface area contributed by atoms with Crippen molar-refractivity contribution in [3.8, 4) is 5.75 Å². The van der Waals surface area contributed by atoms with Crippen molar-refractivity contribution in [2.45, 2.75) is 39.2 Å². The molecule has 0 aliphatic carbocycles. The summed E-state index contributed by atoms with van der Waals surface area (Å²) in [5.41, 5.74) is 0.879. The highest BCUT2D eigenvalue weighted by Crippen LogP contribution is 2.23. The van der Waals surface area contributed by atoms with Gasteiger partial charge in [-0.05, 0) is 39.0 Å². The fourth-order valence-electron chi connectivity index (χ4n) is 1.76. The Labute approximate surface area is 120 Å². The Morgan fingerprint density at radius 1 is 1.37 bits per heavy atom. The van der Waals surface area contributed by atoms with Crippen LogP contribution < -0.4 is 10.1 Å². The molecule has 3 nitrogen and oxygen atoms in total. The van der Waals surface area contributed by atoms with Gasteiger partial charge in [0, 0.05) is 35.5 Å². The Balaban J connectivity index is 2.55. The van der Waals surface area contributed by atoms with E-state index in [1.54, 1.807) is 25.3 Å². The number of rotatable bonds is 6. The van der Waals surface area contributed by atoms with Crippen molar-refractivity contribution in [1.82, 2.24) is 5.32 Å². The van der Waals surface area contributed by atoms with Crippen LogP contribution in [0.25, 0.3) is 0 Å². The normalized spacial score (nSPS) is 11.4. The summed E-state index contributed by atoms with van der Waals surface area (Å²) >= 11 is 5.94. The zero-order valence-electron chi connectivity index (χ0n) is 12.0. The van der Waals surface area contributed by atoms with Gasteiger partial charge in [0.15, 0.2) is 0 Å². The molecular weight excluding hydrogens is 262 g/mol. The monoisotopic (exact) mass is 283 g/mol. The molecule has 0 aliphatic heterocycles. The van der Waals surface area contributed by atoms with Gasteiger partial charge in [-0.3, -0.25) is 4.79 Å². The van der Waals surface area contributed by atoms with Gasteiger partial charge in [0.2, 0.25) is 0 Å². The Hall–Kier alpha value is -1.06. The lowest BCUT2D eigenvalue weighted by Crippen LogP contribution is -2.37. The molecule has 1 aromatic rings. The lowest BCUT2D eigenvalue weighted by atomic mass is 10.0. The van der Waals surface area contributed by atoms with E-state index < -0.39 is 0 Å². The van der Waals surface area contributed by atoms with Gasteiger partial charge in [-0.2, -0.15) is 0 Å². The van der Waals surface area contributed by atoms with Gasteiger partial charge in [-0.25, -0.2) is 0 Å². The first-order valence-electron chi connectivity index (χ1n) is 6.41. The fourth-order valence-corrected chi connectivity index (χ4v) is 1.96. The second-order valence-corrected chi connectivity index (χ2v) is 6.03. The van der Waals surface area contributed by atoms with E-state index in [0.717, 1.165) is 5.56 Å². The number of nitrogens with one attached hydrogen (secondary N) is 1. The smallest absolute Gasteiger partial charge is 0.138 e. The van der Waals surface area contributed by atoms with Crippen LogP contribution in [-0.2, 0) is 11.2 Å². The van der Waals surface area contributed by atoms with Crippen molar-refractivity contribution in [2.75, 3.05) is 13.7 Å². The summed E-state index contributed by atoms with van der Waals surface area (Å²) in [6.45, 7) is 6.93. The molecule has 0 fully saturated rings. The van der Waals surface area contributed by atoms with Crippen LogP contribution in [0, 0.1) is 0 Å². The first-order chi connectivity index (χ1) is 8.81. The van der Waals surface area contributed by atoms with E-state index >= 15 is 0 Å². The van der Waals surface area contributed by atoms with E-state index in [-0.39, 0.29) is 11.3 Å². The molecule has 0 aromatic heterocycles. The Kier molecular flexibility index (Phi) is 5.83. The Bertz CT molecular complexity index is 438. The summed E-state index contributed by atoms with van der Waals surface area (Å²) in [4.78, 5) is 11.9. The maximum absolute atomic E-state index is 11.9. The minimum absolute atomic E-state index is 0.0357. The average molecular weight is 284 g/mol. The van der Waals surface area contributed by atoms with E-state index in [4.69, 9.17) is 16.3 Å². The van der Waals surface area contributed by atoms with Gasteiger partial charge >= 0.3 is 0 Å². The number of benzene rings is 1. The highest BCUT2D eigenvalue weighted by Gasteiger charge is 2.12. The number of ether oxygens (including phenoxy) is 1. The quantitative estimate of drug-likeness (QED) is 0.871. The molecule has 106 valence electrons. The number of hydrogen-bond donors (Lipinski definition) is 1. The van der Waals surface area contributed by atoms with Crippen LogP contribution in [-0.4, -0.2) is 25.0 Å². The molecule has 0 unspecified atom stereocenters. The standard InChI is InChI=1S/C15H22ClNO2/c1-15(2,3)17-8-7-13(18)10-11-9-12(16)5-6-14(11)19-4/h5-6,9,17H,7-8,10H2,1-4H3. The number of ketones is 1. The van der Waals surface area contributed by atoms with Gasteiger partial charge in [0.05, 0.1) is 7.11 Å². The molecule has 0 saturated carbocycles. The Morgan fingerprint density at radius 3 is 2.63 bits per heavy atom. The predicted octanol–water partition coefficient (Wildman–Crippen LogP) is 3.24. The van der Waals surface area contributed by atoms with Gasteiger partial charge in [0.1, 0.15) is 11.5 Å². The summed E-state index contributed by atoms with van der Waals surface area (Å²) in [6, 6.07) is 5.34. The second kappa shape index (κ2) is 6.92. The SMILES string of the molecule is COc1ccc(Cl)cc1CC(=O)CCNC(C)(C)C. The summed E-state index contributed by atoms with van der Waals surface area (Å²) in [7, 11) is 1.60. The number of methoxy groups -OCH3 is 1. The molecule has 19 heavy (non-hydrogen) atoms. The molecule has 0 radical (unpaired) electrons. The van der Waals surface area contributed by atoms with E-state index in [9.17, 15) is 4.79 Å². The summed E-state index contributed by atoms with van der Waals surface area (Å²) in [5, 5.41) is 3.92. The van der Waals surface area contributed by atoms with Crippen molar-refractivity contribution in [3.05, 3.63) is 28.8 Å². The van der Waals surface area contributed by atoms with Crippen molar-refractivity contribution >= 4 is 17.4 Å². The van der Waals surface area contributed by atoms with E-state index in [1.807, 2.05) is 0 Å². The predicted molar refractivity (Wildman–Crippen MR) is 79.1 cm³/mol. The van der Waals surface area contributed by atoms with Crippen LogP contribution in [0.4, 0.5) is 0 Å². The molecule has 1 aromatic carbocycles. The van der Waals surface area contributed by atoms with E-state index in [0.29, 0.717) is 30.2 Å². The summed E-state index contributed by atoms with van der Waals surface area (Å²) in [6.07, 6.45) is 0.864. The third-order valence-electron chi connectivity index (χ3n) is 2.69. The first-order valence-corrected chi connectivity index (χ1v) is 6.79. The number of halogens is 1. The zero-order chi connectivity index (χ0) is 14.5. The van der Waals surface area contributed by atoms with Gasteiger partial charge < -0.3 is 10.1 Å². The number of carbonyl (C=O) groups is 1. The third kappa shape index (κ3) is 6.08. The van der Waals surface area contributed by atoms with Gasteiger partial charge in [-0.1, -0.05) is 11.6 Å². The second-order valence-electron chi connectivity index (χ2n) is 5.60. The van der Waals surface area contributed by atoms with Crippen LogP contribution in [0.5, 0.6) is 5.75 Å². The molecule has 4 heteroatoms. The van der Waals surface area contributed by atoms with Crippen LogP contribution in [0.3, 0.4) is 0 Å². The number of carbonyl (C=O) groups excluding carboxylic acids is 1. The van der Waals surface area contributed by atoms with Crippen molar-refractivity contribution in [2.24, 2.45) is 0 Å². The minimum atomic E-state index is 0.0357. The Morgan fingerprint density at radius 2 is 2.05 bits per heavy atom. The first kappa shape index (κ1) is 16.0. The topological polar surface area (TPSA) is 38.3 Å². The van der Waals surface area contributed by atoms with Gasteiger partial charge in [-0.15, -0.1) is 0 Å². The molecule has 0 bridgehead atoms. The maximum atomic E-state index is 11.9. The molecule has 0 amide bonds. The average Bonchev–Trinajstić information content (AvgIpc) is 2.27. The van der Waals surface area contributed by atoms with Crippen LogP contribution in [0.1, 0.15) is 32.8 Å². The zero-order valence-corrected chi connectivity index (χ0v) is 12.8. The minimum Gasteiger partial charge on any atom is -0.496 e. The van der Waals surface area contributed by atoms with Crippen molar-refractivity contribution in [3.63, 3.8) is 0 Å². The summed E-state index contributed by atoms with van der Waals surface area (Å²) in [5.74, 6) is 0.888. The fraction of sp³-hybridized carbons (Fsp3) is 0.533. The molecular formula is C15H22ClNO2. The highest BCUT2D eigenvalue weighted by molar-refractivity contribution is 6.30. The molecule has 0 saturated heterocycles. The number of Topliss-reactive ketones (excluding diaryl/α,β-unsaturated/α-hetero) is 1. The van der Waals surface area contributed by atoms with Gasteiger partial charge in [0.25, 0.3) is 0 Å². The summed E-state index contributed by atoms with van der Waals surface area (Å²) < 4.78 is 5.23. The third-order valence-corrected chi connectivity index (χ3v) is 2.92. The lowest BCUT2D eigenvalue weighted by Gasteiger charge is -2.20. The van der Waals surface area contributed by atoms with Crippen LogP contribution in [0.2, 0.25) is 5.02 Å². The van der Waals surface area contributed by atoms with Crippen LogP contribution in [0.15, 0.2) is 18.2 Å². The van der Waals surface area contributed by atoms with Crippen molar-refractivity contribution in [1.29, 1.82) is 0 Å². The van der Waals surface area contributed by atoms with E-state index in [2.05, 4.69) is 26.1 Å². The maximum Gasteiger partial charge on any atom is 0.138 e. The molecule has 1 rings (SSSR count). The van der Waals surface area contributed by atoms with Crippen LogP contribution >= 0.6 is 11.6 Å². The lowest BCUT2D eigenvalue weighted by molar-refractivity contribution is -0.118. The van der Waals surface area contributed by atoms with Crippen molar-refractivity contribution < 1.29 is 9.53 Å². The largest absolute Gasteiger partial charge is 0.496 e.